The molecular weight excluding hydrogens is 277 g/mol. The molecule has 1 aliphatic rings. The Morgan fingerprint density at radius 3 is 2.50 bits per heavy atom. The van der Waals surface area contributed by atoms with Crippen LogP contribution in [0.5, 0.6) is 0 Å². The van der Waals surface area contributed by atoms with Gasteiger partial charge >= 0.3 is 6.18 Å². The molecule has 1 nitrogen and oxygen atoms in total. The molecule has 0 N–H and O–H groups in total. The second-order valence-electron chi connectivity index (χ2n) is 4.76. The van der Waals surface area contributed by atoms with Crippen molar-refractivity contribution in [3.63, 3.8) is 0 Å². The van der Waals surface area contributed by atoms with Gasteiger partial charge in [0.1, 0.15) is 0 Å². The Kier molecular flexibility index (Phi) is 3.63. The zero-order valence-corrected chi connectivity index (χ0v) is 10.5. The minimum Gasteiger partial charge on any atom is -0.364 e. The molecule has 2 rings (SSSR count). The first-order valence-corrected chi connectivity index (χ1v) is 6.03. The largest absolute Gasteiger partial charge is 0.416 e. The lowest BCUT2D eigenvalue weighted by atomic mass is 10.0. The lowest BCUT2D eigenvalue weighted by Gasteiger charge is -2.34. The summed E-state index contributed by atoms with van der Waals surface area (Å²) in [5, 5.41) is 0. The van der Waals surface area contributed by atoms with Gasteiger partial charge < -0.3 is 4.90 Å². The van der Waals surface area contributed by atoms with Gasteiger partial charge in [-0.25, -0.2) is 8.78 Å². The van der Waals surface area contributed by atoms with E-state index >= 15 is 0 Å². The molecule has 6 heteroatoms. The Labute approximate surface area is 113 Å². The minimum absolute atomic E-state index is 0.0162. The maximum absolute atomic E-state index is 13.4. The molecule has 0 saturated carbocycles. The fourth-order valence-corrected chi connectivity index (χ4v) is 2.28. The molecule has 0 amide bonds. The van der Waals surface area contributed by atoms with Crippen molar-refractivity contribution in [2.24, 2.45) is 0 Å². The normalized spacial score (nSPS) is 18.7. The summed E-state index contributed by atoms with van der Waals surface area (Å²) in [6.45, 7) is -0.164. The van der Waals surface area contributed by atoms with Crippen molar-refractivity contribution in [1.29, 1.82) is 0 Å². The van der Waals surface area contributed by atoms with Crippen molar-refractivity contribution < 1.29 is 22.0 Å². The van der Waals surface area contributed by atoms with Gasteiger partial charge in [0.2, 0.25) is 0 Å². The van der Waals surface area contributed by atoms with E-state index in [0.717, 1.165) is 12.1 Å². The molecule has 1 aromatic rings. The Balaban J connectivity index is 2.36. The van der Waals surface area contributed by atoms with Crippen molar-refractivity contribution in [2.45, 2.75) is 24.9 Å². The first kappa shape index (κ1) is 14.6. The van der Waals surface area contributed by atoms with Crippen LogP contribution >= 0.6 is 0 Å². The number of nitrogens with zero attached hydrogens (tertiary/aromatic N) is 1. The number of alkyl halides is 5. The third-order valence-electron chi connectivity index (χ3n) is 3.21. The molecule has 0 bridgehead atoms. The van der Waals surface area contributed by atoms with Crippen LogP contribution in [0, 0.1) is 12.3 Å². The van der Waals surface area contributed by atoms with Gasteiger partial charge in [-0.15, -0.1) is 6.42 Å². The van der Waals surface area contributed by atoms with Crippen LogP contribution in [0.2, 0.25) is 0 Å². The van der Waals surface area contributed by atoms with Gasteiger partial charge in [0, 0.05) is 18.5 Å². The van der Waals surface area contributed by atoms with Gasteiger partial charge in [0.15, 0.2) is 0 Å². The number of halogens is 5. The number of piperidine rings is 1. The first-order valence-electron chi connectivity index (χ1n) is 6.03. The molecular formula is C14H12F5N. The second kappa shape index (κ2) is 4.97. The zero-order valence-electron chi connectivity index (χ0n) is 10.5. The molecule has 1 fully saturated rings. The van der Waals surface area contributed by atoms with E-state index in [4.69, 9.17) is 6.42 Å². The molecule has 0 atom stereocenters. The summed E-state index contributed by atoms with van der Waals surface area (Å²) in [7, 11) is 0. The first-order chi connectivity index (χ1) is 9.23. The lowest BCUT2D eigenvalue weighted by Crippen LogP contribution is -2.43. The quantitative estimate of drug-likeness (QED) is 0.559. The molecule has 1 aromatic carbocycles. The van der Waals surface area contributed by atoms with Crippen molar-refractivity contribution >= 4 is 5.69 Å². The predicted molar refractivity (Wildman–Crippen MR) is 65.8 cm³/mol. The van der Waals surface area contributed by atoms with E-state index in [-0.39, 0.29) is 24.1 Å². The Morgan fingerprint density at radius 2 is 1.95 bits per heavy atom. The summed E-state index contributed by atoms with van der Waals surface area (Å²) >= 11 is 0. The van der Waals surface area contributed by atoms with E-state index in [0.29, 0.717) is 6.54 Å². The third kappa shape index (κ3) is 3.03. The van der Waals surface area contributed by atoms with E-state index in [9.17, 15) is 22.0 Å². The number of terminal acetylenes is 1. The Bertz CT molecular complexity index is 541. The number of benzene rings is 1. The highest BCUT2D eigenvalue weighted by Crippen LogP contribution is 2.35. The van der Waals surface area contributed by atoms with Gasteiger partial charge in [0.25, 0.3) is 5.92 Å². The molecule has 0 unspecified atom stereocenters. The number of hydrogen-bond donors (Lipinski definition) is 0. The number of hydrogen-bond acceptors (Lipinski definition) is 1. The molecule has 0 spiro atoms. The minimum atomic E-state index is -4.50. The van der Waals surface area contributed by atoms with Crippen LogP contribution in [-0.2, 0) is 6.18 Å². The molecule has 20 heavy (non-hydrogen) atoms. The van der Waals surface area contributed by atoms with Gasteiger partial charge in [-0.2, -0.15) is 13.2 Å². The average molecular weight is 289 g/mol. The third-order valence-corrected chi connectivity index (χ3v) is 3.21. The van der Waals surface area contributed by atoms with Crippen LogP contribution in [0.3, 0.4) is 0 Å². The highest BCUT2D eigenvalue weighted by molar-refractivity contribution is 5.62. The fraction of sp³-hybridized carbons (Fsp3) is 0.429. The second-order valence-corrected chi connectivity index (χ2v) is 4.76. The summed E-state index contributed by atoms with van der Waals surface area (Å²) in [5.74, 6) is -0.694. The standard InChI is InChI=1S/C14H12F5N/c1-2-10-8-11(14(17,18)19)4-5-12(10)20-7-3-6-13(15,16)9-20/h1,4-5,8H,3,6-7,9H2. The highest BCUT2D eigenvalue weighted by Gasteiger charge is 2.36. The highest BCUT2D eigenvalue weighted by atomic mass is 19.4. The Morgan fingerprint density at radius 1 is 1.25 bits per heavy atom. The van der Waals surface area contributed by atoms with Crippen LogP contribution in [0.4, 0.5) is 27.6 Å². The number of rotatable bonds is 1. The van der Waals surface area contributed by atoms with Crippen LogP contribution in [0.25, 0.3) is 0 Å². The lowest BCUT2D eigenvalue weighted by molar-refractivity contribution is -0.137. The molecule has 1 saturated heterocycles. The summed E-state index contributed by atoms with van der Waals surface area (Å²) in [6.07, 6.45) is 0.765. The van der Waals surface area contributed by atoms with Crippen LogP contribution in [-0.4, -0.2) is 19.0 Å². The maximum atomic E-state index is 13.4. The van der Waals surface area contributed by atoms with E-state index < -0.39 is 24.2 Å². The van der Waals surface area contributed by atoms with Gasteiger partial charge in [-0.1, -0.05) is 5.92 Å². The van der Waals surface area contributed by atoms with E-state index in [1.54, 1.807) is 0 Å². The molecule has 1 aliphatic heterocycles. The summed E-state index contributed by atoms with van der Waals surface area (Å²) in [6, 6.07) is 2.85. The average Bonchev–Trinajstić information content (AvgIpc) is 2.35. The predicted octanol–water partition coefficient (Wildman–Crippen LogP) is 3.92. The monoisotopic (exact) mass is 289 g/mol. The van der Waals surface area contributed by atoms with Crippen LogP contribution < -0.4 is 4.90 Å². The molecule has 1 heterocycles. The summed E-state index contributed by atoms with van der Waals surface area (Å²) in [4.78, 5) is 1.35. The topological polar surface area (TPSA) is 3.24 Å². The van der Waals surface area contributed by atoms with E-state index in [1.165, 1.54) is 11.0 Å². The zero-order chi connectivity index (χ0) is 15.0. The van der Waals surface area contributed by atoms with E-state index in [2.05, 4.69) is 5.92 Å². The summed E-state index contributed by atoms with van der Waals surface area (Å²) < 4.78 is 64.5. The van der Waals surface area contributed by atoms with Crippen LogP contribution in [0.15, 0.2) is 18.2 Å². The van der Waals surface area contributed by atoms with Crippen molar-refractivity contribution in [3.05, 3.63) is 29.3 Å². The molecule has 108 valence electrons. The summed E-state index contributed by atoms with van der Waals surface area (Å²) in [5.41, 5.74) is -0.643. The Hall–Kier alpha value is -1.77. The van der Waals surface area contributed by atoms with Crippen LogP contribution in [0.1, 0.15) is 24.0 Å². The van der Waals surface area contributed by atoms with Crippen molar-refractivity contribution in [2.75, 3.05) is 18.0 Å². The van der Waals surface area contributed by atoms with Gasteiger partial charge in [-0.3, -0.25) is 0 Å². The SMILES string of the molecule is C#Cc1cc(C(F)(F)F)ccc1N1CCCC(F)(F)C1. The van der Waals surface area contributed by atoms with Gasteiger partial charge in [-0.05, 0) is 24.6 Å². The molecule has 0 aromatic heterocycles. The van der Waals surface area contributed by atoms with E-state index in [1.807, 2.05) is 0 Å². The van der Waals surface area contributed by atoms with Crippen molar-refractivity contribution in [3.8, 4) is 12.3 Å². The smallest absolute Gasteiger partial charge is 0.364 e. The van der Waals surface area contributed by atoms with Gasteiger partial charge in [0.05, 0.1) is 17.8 Å². The molecule has 0 aliphatic carbocycles. The number of anilines is 1. The maximum Gasteiger partial charge on any atom is 0.416 e. The van der Waals surface area contributed by atoms with Crippen molar-refractivity contribution in [1.82, 2.24) is 0 Å². The fourth-order valence-electron chi connectivity index (χ4n) is 2.28. The molecule has 0 radical (unpaired) electrons.